The molecule has 0 aliphatic carbocycles. The summed E-state index contributed by atoms with van der Waals surface area (Å²) in [5.41, 5.74) is 0.913. The van der Waals surface area contributed by atoms with Crippen LogP contribution >= 0.6 is 23.1 Å². The number of rotatable bonds is 8. The molecule has 4 amide bonds. The number of hydrogen-bond acceptors (Lipinski definition) is 11. The predicted molar refractivity (Wildman–Crippen MR) is 129 cm³/mol. The zero-order valence-corrected chi connectivity index (χ0v) is 20.8. The second-order valence-corrected chi connectivity index (χ2v) is 9.92. The van der Waals surface area contributed by atoms with Crippen molar-refractivity contribution in [2.24, 2.45) is 5.16 Å². The highest BCUT2D eigenvalue weighted by atomic mass is 32.2. The van der Waals surface area contributed by atoms with E-state index < -0.39 is 11.9 Å². The lowest BCUT2D eigenvalue weighted by atomic mass is 10.1. The number of hydrogen-bond donors (Lipinski definition) is 2. The number of nitrogens with zero attached hydrogens (tertiary/aromatic N) is 5. The van der Waals surface area contributed by atoms with Gasteiger partial charge in [-0.1, -0.05) is 5.16 Å². The van der Waals surface area contributed by atoms with Crippen molar-refractivity contribution in [3.63, 3.8) is 0 Å². The number of β-lactam (4-membered cyclic amide) rings is 1. The molecule has 35 heavy (non-hydrogen) atoms. The van der Waals surface area contributed by atoms with Crippen LogP contribution in [0, 0.1) is 0 Å². The van der Waals surface area contributed by atoms with E-state index in [1.165, 1.54) is 23.8 Å². The van der Waals surface area contributed by atoms with Crippen molar-refractivity contribution in [3.8, 4) is 0 Å². The number of carbonyl (C=O) groups is 4. The molecule has 0 spiro atoms. The fraction of sp³-hybridized carbons (Fsp3) is 0.500. The van der Waals surface area contributed by atoms with Crippen molar-refractivity contribution in [3.05, 3.63) is 22.8 Å². The van der Waals surface area contributed by atoms with Crippen molar-refractivity contribution in [1.29, 1.82) is 0 Å². The van der Waals surface area contributed by atoms with E-state index in [1.54, 1.807) is 16.5 Å². The lowest BCUT2D eigenvalue weighted by Crippen LogP contribution is -2.69. The number of thioether (sulfide) groups is 1. The molecule has 0 saturated carbocycles. The Balaban J connectivity index is 1.31. The van der Waals surface area contributed by atoms with Crippen molar-refractivity contribution in [2.45, 2.75) is 11.4 Å². The molecule has 0 radical (unpaired) electrons. The third-order valence-corrected chi connectivity index (χ3v) is 7.75. The van der Waals surface area contributed by atoms with Gasteiger partial charge in [-0.05, 0) is 12.6 Å². The van der Waals surface area contributed by atoms with Crippen LogP contribution in [0.3, 0.4) is 0 Å². The normalized spacial score (nSPS) is 22.5. The molecule has 3 aliphatic heterocycles. The van der Waals surface area contributed by atoms with Crippen molar-refractivity contribution >= 4 is 58.3 Å². The fourth-order valence-electron chi connectivity index (χ4n) is 3.68. The number of piperazine rings is 1. The number of likely N-dealkylation sites (N-methyl/N-ethyl adjacent to an activating group) is 1. The number of oxime groups is 1. The monoisotopic (exact) mass is 523 g/mol. The van der Waals surface area contributed by atoms with Crippen LogP contribution in [0.4, 0.5) is 9.93 Å². The number of nitrogens with one attached hydrogen (secondary N) is 2. The molecule has 2 fully saturated rings. The number of fused-ring (bicyclic) bond motifs is 1. The standard InChI is InChI=1S/C20H25N7O6S2/c1-25-3-5-26(6-4-25)20(31)33-8-12-7-27-17(30)15(18(27)34-9-12)23-16(29)14(24-32-2)13-10-35-19(22-13)21-11-28/h7,10-11,15,18H,3-6,8-9H2,1-2H3,(H,23,29)(H,21,22,28)/t15?,18-/m0/s1. The molecule has 2 saturated heterocycles. The molecular formula is C20H25N7O6S2. The second kappa shape index (κ2) is 11.0. The summed E-state index contributed by atoms with van der Waals surface area (Å²) < 4.78 is 5.43. The molecular weight excluding hydrogens is 498 g/mol. The highest BCUT2D eigenvalue weighted by Gasteiger charge is 2.50. The summed E-state index contributed by atoms with van der Waals surface area (Å²) in [6.07, 6.45) is 1.81. The van der Waals surface area contributed by atoms with Gasteiger partial charge in [0.25, 0.3) is 11.8 Å². The van der Waals surface area contributed by atoms with Gasteiger partial charge in [0, 0.05) is 43.5 Å². The second-order valence-electron chi connectivity index (χ2n) is 7.95. The van der Waals surface area contributed by atoms with Crippen LogP contribution in [0.2, 0.25) is 0 Å². The highest BCUT2D eigenvalue weighted by Crippen LogP contribution is 2.36. The van der Waals surface area contributed by atoms with Crippen molar-refractivity contribution in [1.82, 2.24) is 25.0 Å². The lowest BCUT2D eigenvalue weighted by Gasteiger charge is -2.47. The van der Waals surface area contributed by atoms with Gasteiger partial charge in [0.15, 0.2) is 10.8 Å². The Bertz CT molecular complexity index is 1050. The lowest BCUT2D eigenvalue weighted by molar-refractivity contribution is -0.143. The first-order valence-corrected chi connectivity index (χ1v) is 12.7. The molecule has 4 heterocycles. The number of anilines is 1. The zero-order chi connectivity index (χ0) is 24.9. The van der Waals surface area contributed by atoms with Crippen LogP contribution in [0.5, 0.6) is 0 Å². The first-order valence-electron chi connectivity index (χ1n) is 10.7. The van der Waals surface area contributed by atoms with Crippen LogP contribution in [0.1, 0.15) is 5.69 Å². The fourth-order valence-corrected chi connectivity index (χ4v) is 5.58. The van der Waals surface area contributed by atoms with E-state index in [-0.39, 0.29) is 35.4 Å². The average molecular weight is 524 g/mol. The quantitative estimate of drug-likeness (QED) is 0.203. The van der Waals surface area contributed by atoms with E-state index in [4.69, 9.17) is 9.57 Å². The van der Waals surface area contributed by atoms with Gasteiger partial charge in [-0.2, -0.15) is 0 Å². The molecule has 0 bridgehead atoms. The topological polar surface area (TPSA) is 146 Å². The molecule has 1 aromatic heterocycles. The molecule has 188 valence electrons. The Labute approximate surface area is 209 Å². The van der Waals surface area contributed by atoms with Gasteiger partial charge in [-0.15, -0.1) is 23.1 Å². The average Bonchev–Trinajstić information content (AvgIpc) is 3.32. The summed E-state index contributed by atoms with van der Waals surface area (Å²) in [6.45, 7) is 2.97. The first-order chi connectivity index (χ1) is 16.9. The Morgan fingerprint density at radius 1 is 1.31 bits per heavy atom. The number of ether oxygens (including phenoxy) is 1. The molecule has 1 unspecified atom stereocenters. The summed E-state index contributed by atoms with van der Waals surface area (Å²) >= 11 is 2.59. The van der Waals surface area contributed by atoms with Crippen LogP contribution in [0.15, 0.2) is 22.3 Å². The summed E-state index contributed by atoms with van der Waals surface area (Å²) in [7, 11) is 3.30. The summed E-state index contributed by atoms with van der Waals surface area (Å²) in [5, 5.41) is 10.4. The first kappa shape index (κ1) is 24.9. The minimum absolute atomic E-state index is 0.108. The van der Waals surface area contributed by atoms with Gasteiger partial charge in [0.2, 0.25) is 6.41 Å². The number of amides is 4. The number of aromatic nitrogens is 1. The maximum atomic E-state index is 12.8. The summed E-state index contributed by atoms with van der Waals surface area (Å²) in [5.74, 6) is -0.344. The van der Waals surface area contributed by atoms with Gasteiger partial charge in [0.05, 0.1) is 0 Å². The van der Waals surface area contributed by atoms with Crippen LogP contribution in [-0.2, 0) is 24.0 Å². The van der Waals surface area contributed by atoms with Gasteiger partial charge < -0.3 is 34.9 Å². The van der Waals surface area contributed by atoms with Gasteiger partial charge >= 0.3 is 6.09 Å². The third-order valence-electron chi connectivity index (χ3n) is 5.60. The van der Waals surface area contributed by atoms with Gasteiger partial charge in [0.1, 0.15) is 30.8 Å². The molecule has 2 N–H and O–H groups in total. The molecule has 13 nitrogen and oxygen atoms in total. The maximum Gasteiger partial charge on any atom is 0.410 e. The van der Waals surface area contributed by atoms with Crippen molar-refractivity contribution in [2.75, 3.05) is 58.0 Å². The van der Waals surface area contributed by atoms with Crippen LogP contribution in [-0.4, -0.2) is 114 Å². The number of carbonyl (C=O) groups excluding carboxylic acids is 4. The summed E-state index contributed by atoms with van der Waals surface area (Å²) in [6, 6.07) is -0.744. The van der Waals surface area contributed by atoms with Gasteiger partial charge in [-0.25, -0.2) is 9.78 Å². The van der Waals surface area contributed by atoms with E-state index in [9.17, 15) is 19.2 Å². The Morgan fingerprint density at radius 2 is 2.09 bits per heavy atom. The SMILES string of the molecule is CON=C(C(=O)NC1C(=O)N2C=C(COC(=O)N3CCN(C)CC3)CS[C@@H]12)c1csc(NC=O)n1. The minimum Gasteiger partial charge on any atom is -0.445 e. The molecule has 15 heteroatoms. The largest absolute Gasteiger partial charge is 0.445 e. The molecule has 4 rings (SSSR count). The predicted octanol–water partition coefficient (Wildman–Crippen LogP) is -0.270. The van der Waals surface area contributed by atoms with E-state index >= 15 is 0 Å². The Morgan fingerprint density at radius 3 is 2.80 bits per heavy atom. The highest BCUT2D eigenvalue weighted by molar-refractivity contribution is 8.00. The molecule has 3 aliphatic rings. The van der Waals surface area contributed by atoms with Crippen LogP contribution in [0.25, 0.3) is 0 Å². The maximum absolute atomic E-state index is 12.8. The van der Waals surface area contributed by atoms with E-state index in [2.05, 4.69) is 25.7 Å². The Kier molecular flexibility index (Phi) is 7.87. The summed E-state index contributed by atoms with van der Waals surface area (Å²) in [4.78, 5) is 62.7. The molecule has 1 aromatic rings. The smallest absolute Gasteiger partial charge is 0.410 e. The van der Waals surface area contributed by atoms with Gasteiger partial charge in [-0.3, -0.25) is 14.4 Å². The third kappa shape index (κ3) is 5.57. The van der Waals surface area contributed by atoms with E-state index in [0.717, 1.165) is 30.0 Å². The van der Waals surface area contributed by atoms with Crippen molar-refractivity contribution < 1.29 is 28.8 Å². The number of thiazole rings is 1. The van der Waals surface area contributed by atoms with Crippen LogP contribution < -0.4 is 10.6 Å². The van der Waals surface area contributed by atoms with E-state index in [1.807, 2.05) is 7.05 Å². The minimum atomic E-state index is -0.744. The van der Waals surface area contributed by atoms with E-state index in [0.29, 0.717) is 30.4 Å². The molecule has 0 aromatic carbocycles. The molecule has 2 atom stereocenters. The zero-order valence-electron chi connectivity index (χ0n) is 19.1. The Hall–Kier alpha value is -3.17.